The molecule has 1 amide bonds. The SMILES string of the molecule is C[C@H](NC(=O)c1ccc(C2CC2)c(-c2ccc3cnc(Nc4cnn(C5CC5)c4)nc3c2)c1)c1cccc(C(F)(F)F)c1. The van der Waals surface area contributed by atoms with Crippen molar-refractivity contribution in [3.63, 3.8) is 0 Å². The Bertz CT molecular complexity index is 1840. The first-order valence-corrected chi connectivity index (χ1v) is 14.4. The smallest absolute Gasteiger partial charge is 0.346 e. The van der Waals surface area contributed by atoms with Gasteiger partial charge in [-0.1, -0.05) is 30.3 Å². The molecule has 0 spiro atoms. The Labute approximate surface area is 246 Å². The van der Waals surface area contributed by atoms with Crippen LogP contribution in [0.1, 0.15) is 77.7 Å². The molecule has 7 rings (SSSR count). The molecule has 2 aliphatic carbocycles. The molecule has 2 aliphatic rings. The molecular formula is C33H29F3N6O. The Morgan fingerprint density at radius 2 is 1.84 bits per heavy atom. The van der Waals surface area contributed by atoms with E-state index in [1.54, 1.807) is 31.5 Å². The summed E-state index contributed by atoms with van der Waals surface area (Å²) < 4.78 is 41.6. The molecule has 5 aromatic rings. The molecule has 2 heterocycles. The van der Waals surface area contributed by atoms with E-state index in [1.807, 2.05) is 41.2 Å². The number of carbonyl (C=O) groups excluding carboxylic acids is 1. The topological polar surface area (TPSA) is 84.7 Å². The highest BCUT2D eigenvalue weighted by atomic mass is 19.4. The minimum absolute atomic E-state index is 0.352. The van der Waals surface area contributed by atoms with Crippen molar-refractivity contribution in [2.24, 2.45) is 0 Å². The van der Waals surface area contributed by atoms with E-state index in [1.165, 1.54) is 11.6 Å². The van der Waals surface area contributed by atoms with Gasteiger partial charge >= 0.3 is 6.18 Å². The maximum atomic E-state index is 13.3. The third-order valence-electron chi connectivity index (χ3n) is 8.07. The Morgan fingerprint density at radius 1 is 1.00 bits per heavy atom. The summed E-state index contributed by atoms with van der Waals surface area (Å²) in [6.45, 7) is 1.68. The van der Waals surface area contributed by atoms with Crippen LogP contribution in [0.2, 0.25) is 0 Å². The Hall–Kier alpha value is -4.73. The van der Waals surface area contributed by atoms with E-state index in [0.29, 0.717) is 29.0 Å². The molecule has 0 aliphatic heterocycles. The quantitative estimate of drug-likeness (QED) is 0.194. The number of alkyl halides is 3. The average molecular weight is 583 g/mol. The highest BCUT2D eigenvalue weighted by molar-refractivity contribution is 5.96. The lowest BCUT2D eigenvalue weighted by Gasteiger charge is -2.17. The number of carbonyl (C=O) groups is 1. The van der Waals surface area contributed by atoms with E-state index in [4.69, 9.17) is 4.98 Å². The highest BCUT2D eigenvalue weighted by Gasteiger charge is 2.31. The zero-order valence-corrected chi connectivity index (χ0v) is 23.4. The van der Waals surface area contributed by atoms with Crippen molar-refractivity contribution >= 4 is 28.4 Å². The molecule has 0 bridgehead atoms. The predicted molar refractivity (Wildman–Crippen MR) is 158 cm³/mol. The molecular weight excluding hydrogens is 553 g/mol. The fraction of sp³-hybridized carbons (Fsp3) is 0.273. The zero-order valence-electron chi connectivity index (χ0n) is 23.4. The molecule has 3 aromatic carbocycles. The van der Waals surface area contributed by atoms with Gasteiger partial charge in [-0.25, -0.2) is 9.97 Å². The number of nitrogens with zero attached hydrogens (tertiary/aromatic N) is 4. The normalized spacial score (nSPS) is 15.8. The van der Waals surface area contributed by atoms with Crippen molar-refractivity contribution < 1.29 is 18.0 Å². The number of hydrogen-bond acceptors (Lipinski definition) is 5. The summed E-state index contributed by atoms with van der Waals surface area (Å²) in [4.78, 5) is 22.5. The highest BCUT2D eigenvalue weighted by Crippen LogP contribution is 2.45. The molecule has 10 heteroatoms. The molecule has 43 heavy (non-hydrogen) atoms. The number of rotatable bonds is 8. The number of fused-ring (bicyclic) bond motifs is 1. The van der Waals surface area contributed by atoms with Crippen molar-refractivity contribution in [1.82, 2.24) is 25.1 Å². The number of nitrogens with one attached hydrogen (secondary N) is 2. The van der Waals surface area contributed by atoms with E-state index in [9.17, 15) is 18.0 Å². The average Bonchev–Trinajstić information content (AvgIpc) is 3.95. The first-order chi connectivity index (χ1) is 20.7. The molecule has 0 saturated heterocycles. The van der Waals surface area contributed by atoms with E-state index in [-0.39, 0.29) is 5.91 Å². The molecule has 0 radical (unpaired) electrons. The molecule has 2 N–H and O–H groups in total. The van der Waals surface area contributed by atoms with E-state index in [0.717, 1.165) is 65.5 Å². The summed E-state index contributed by atoms with van der Waals surface area (Å²) in [6, 6.07) is 16.5. The lowest BCUT2D eigenvalue weighted by molar-refractivity contribution is -0.137. The number of hydrogen-bond donors (Lipinski definition) is 2. The second-order valence-electron chi connectivity index (χ2n) is 11.4. The van der Waals surface area contributed by atoms with Gasteiger partial charge < -0.3 is 10.6 Å². The molecule has 2 aromatic heterocycles. The van der Waals surface area contributed by atoms with E-state index < -0.39 is 17.8 Å². The predicted octanol–water partition coefficient (Wildman–Crippen LogP) is 7.96. The lowest BCUT2D eigenvalue weighted by atomic mass is 9.93. The molecule has 218 valence electrons. The molecule has 2 fully saturated rings. The van der Waals surface area contributed by atoms with Crippen LogP contribution in [0.4, 0.5) is 24.8 Å². The van der Waals surface area contributed by atoms with Gasteiger partial charge in [-0.2, -0.15) is 18.3 Å². The van der Waals surface area contributed by atoms with Crippen LogP contribution in [-0.4, -0.2) is 25.7 Å². The van der Waals surface area contributed by atoms with Crippen LogP contribution in [0.25, 0.3) is 22.0 Å². The van der Waals surface area contributed by atoms with E-state index in [2.05, 4.69) is 20.7 Å². The first-order valence-electron chi connectivity index (χ1n) is 14.4. The summed E-state index contributed by atoms with van der Waals surface area (Å²) in [6.07, 6.45) is 5.54. The maximum absolute atomic E-state index is 13.3. The monoisotopic (exact) mass is 582 g/mol. The minimum atomic E-state index is -4.45. The van der Waals surface area contributed by atoms with Crippen molar-refractivity contribution in [1.29, 1.82) is 0 Å². The van der Waals surface area contributed by atoms with Crippen molar-refractivity contribution in [3.05, 3.63) is 102 Å². The van der Waals surface area contributed by atoms with Crippen LogP contribution in [0.3, 0.4) is 0 Å². The fourth-order valence-corrected chi connectivity index (χ4v) is 5.37. The van der Waals surface area contributed by atoms with Crippen LogP contribution in [0.15, 0.2) is 79.3 Å². The first kappa shape index (κ1) is 27.1. The fourth-order valence-electron chi connectivity index (χ4n) is 5.37. The second-order valence-corrected chi connectivity index (χ2v) is 11.4. The van der Waals surface area contributed by atoms with Gasteiger partial charge in [0.1, 0.15) is 0 Å². The Kier molecular flexibility index (Phi) is 6.64. The van der Waals surface area contributed by atoms with Gasteiger partial charge in [-0.05, 0) is 91.1 Å². The van der Waals surface area contributed by atoms with Gasteiger partial charge in [0.25, 0.3) is 5.91 Å². The second kappa shape index (κ2) is 10.5. The van der Waals surface area contributed by atoms with E-state index >= 15 is 0 Å². The number of aromatic nitrogens is 4. The molecule has 1 atom stereocenters. The Balaban J connectivity index is 1.15. The van der Waals surface area contributed by atoms with Crippen molar-refractivity contribution in [2.75, 3.05) is 5.32 Å². The molecule has 7 nitrogen and oxygen atoms in total. The van der Waals surface area contributed by atoms with Gasteiger partial charge in [0.05, 0.1) is 35.0 Å². The third kappa shape index (κ3) is 5.82. The summed E-state index contributed by atoms with van der Waals surface area (Å²) in [5, 5.41) is 11.4. The number of amides is 1. The lowest BCUT2D eigenvalue weighted by Crippen LogP contribution is -2.27. The summed E-state index contributed by atoms with van der Waals surface area (Å²) >= 11 is 0. The van der Waals surface area contributed by atoms with Crippen LogP contribution in [0, 0.1) is 0 Å². The van der Waals surface area contributed by atoms with Crippen LogP contribution < -0.4 is 10.6 Å². The molecule has 0 unspecified atom stereocenters. The van der Waals surface area contributed by atoms with Crippen LogP contribution in [0.5, 0.6) is 0 Å². The van der Waals surface area contributed by atoms with Gasteiger partial charge in [0, 0.05) is 23.3 Å². The van der Waals surface area contributed by atoms with Crippen LogP contribution >= 0.6 is 0 Å². The van der Waals surface area contributed by atoms with Crippen molar-refractivity contribution in [3.8, 4) is 11.1 Å². The molecule has 2 saturated carbocycles. The minimum Gasteiger partial charge on any atom is -0.346 e. The summed E-state index contributed by atoms with van der Waals surface area (Å²) in [7, 11) is 0. The number of benzene rings is 3. The summed E-state index contributed by atoms with van der Waals surface area (Å²) in [5.41, 5.74) is 4.72. The number of halogens is 3. The van der Waals surface area contributed by atoms with Gasteiger partial charge in [0.15, 0.2) is 0 Å². The van der Waals surface area contributed by atoms with Gasteiger partial charge in [-0.15, -0.1) is 0 Å². The standard InChI is InChI=1S/C33H29F3N6O/c1-19(21-3-2-4-25(13-21)33(34,35)36)39-31(43)23-9-12-28(20-5-6-20)29(14-23)22-7-8-24-16-37-32(41-30(24)15-22)40-26-17-38-42(18-26)27-10-11-27/h2-4,7-9,12-20,27H,5-6,10-11H2,1H3,(H,39,43)(H,37,40,41)/t19-/m0/s1. The van der Waals surface area contributed by atoms with Gasteiger partial charge in [0.2, 0.25) is 5.95 Å². The maximum Gasteiger partial charge on any atom is 0.416 e. The largest absolute Gasteiger partial charge is 0.416 e. The van der Waals surface area contributed by atoms with Crippen molar-refractivity contribution in [2.45, 2.75) is 56.8 Å². The zero-order chi connectivity index (χ0) is 29.7. The Morgan fingerprint density at radius 3 is 2.60 bits per heavy atom. The summed E-state index contributed by atoms with van der Waals surface area (Å²) in [5.74, 6) is 0.548. The van der Waals surface area contributed by atoms with Crippen LogP contribution in [-0.2, 0) is 6.18 Å². The third-order valence-corrected chi connectivity index (χ3v) is 8.07. The number of anilines is 2. The van der Waals surface area contributed by atoms with Gasteiger partial charge in [-0.3, -0.25) is 9.48 Å².